The lowest BCUT2D eigenvalue weighted by molar-refractivity contribution is -0.385. The van der Waals surface area contributed by atoms with Gasteiger partial charge in [0.05, 0.1) is 42.8 Å². The summed E-state index contributed by atoms with van der Waals surface area (Å²) in [6.45, 7) is 5.14. The number of Topliss-reactive ketones (excluding diaryl/α,β-unsaturated/α-hetero) is 1. The lowest BCUT2D eigenvalue weighted by Gasteiger charge is -2.34. The molecule has 0 radical (unpaired) electrons. The molecule has 0 amide bonds. The molecule has 0 saturated heterocycles. The number of nitro groups is 1. The number of benzene rings is 1. The Labute approximate surface area is 180 Å². The monoisotopic (exact) mass is 430 g/mol. The molecule has 1 aliphatic carbocycles. The topological polar surface area (TPSA) is 117 Å². The number of carbonyl (C=O) groups excluding carboxylic acids is 2. The zero-order valence-electron chi connectivity index (χ0n) is 18.2. The minimum atomic E-state index is -0.949. The Morgan fingerprint density at radius 3 is 2.42 bits per heavy atom. The zero-order valence-corrected chi connectivity index (χ0v) is 18.2. The van der Waals surface area contributed by atoms with Crippen molar-refractivity contribution in [1.29, 1.82) is 0 Å². The van der Waals surface area contributed by atoms with Gasteiger partial charge in [0.25, 0.3) is 5.69 Å². The van der Waals surface area contributed by atoms with E-state index in [1.54, 1.807) is 20.8 Å². The van der Waals surface area contributed by atoms with Gasteiger partial charge in [-0.3, -0.25) is 14.9 Å². The van der Waals surface area contributed by atoms with Crippen molar-refractivity contribution in [2.24, 2.45) is 0 Å². The van der Waals surface area contributed by atoms with Crippen molar-refractivity contribution in [3.63, 3.8) is 0 Å². The van der Waals surface area contributed by atoms with E-state index in [9.17, 15) is 19.7 Å². The van der Waals surface area contributed by atoms with E-state index >= 15 is 0 Å². The molecule has 1 heterocycles. The van der Waals surface area contributed by atoms with Gasteiger partial charge < -0.3 is 19.5 Å². The standard InChI is InChI=1S/C22H26N2O7/c1-11(2)31-22(26)19-12(3)23-14-7-6-8-16(25)21(14)20(19)13-9-17(29-4)18(30-5)10-15(13)24(27)28/h9-11,20,23H,6-8H2,1-5H3. The van der Waals surface area contributed by atoms with E-state index < -0.39 is 22.9 Å². The molecule has 3 rings (SSSR count). The van der Waals surface area contributed by atoms with Gasteiger partial charge in [-0.2, -0.15) is 0 Å². The molecule has 1 unspecified atom stereocenters. The molecule has 9 nitrogen and oxygen atoms in total. The summed E-state index contributed by atoms with van der Waals surface area (Å²) in [6, 6.07) is 2.72. The van der Waals surface area contributed by atoms with Crippen LogP contribution in [0.1, 0.15) is 51.5 Å². The fourth-order valence-corrected chi connectivity index (χ4v) is 4.12. The highest BCUT2D eigenvalue weighted by molar-refractivity contribution is 6.04. The highest BCUT2D eigenvalue weighted by Crippen LogP contribution is 2.48. The largest absolute Gasteiger partial charge is 0.493 e. The Morgan fingerprint density at radius 2 is 1.84 bits per heavy atom. The Balaban J connectivity index is 2.32. The van der Waals surface area contributed by atoms with E-state index in [0.717, 1.165) is 0 Å². The number of rotatable bonds is 6. The summed E-state index contributed by atoms with van der Waals surface area (Å²) in [5.41, 5.74) is 1.65. The lowest BCUT2D eigenvalue weighted by Crippen LogP contribution is -2.35. The van der Waals surface area contributed by atoms with E-state index in [0.29, 0.717) is 36.2 Å². The summed E-state index contributed by atoms with van der Waals surface area (Å²) in [6.07, 6.45) is 1.20. The second-order valence-corrected chi connectivity index (χ2v) is 7.74. The number of nitrogens with zero attached hydrogens (tertiary/aromatic N) is 1. The number of nitrogens with one attached hydrogen (secondary N) is 1. The van der Waals surface area contributed by atoms with E-state index in [2.05, 4.69) is 5.32 Å². The molecule has 0 saturated carbocycles. The van der Waals surface area contributed by atoms with Gasteiger partial charge in [0.15, 0.2) is 17.3 Å². The highest BCUT2D eigenvalue weighted by Gasteiger charge is 2.42. The Bertz CT molecular complexity index is 1010. The van der Waals surface area contributed by atoms with Crippen molar-refractivity contribution < 1.29 is 28.7 Å². The fraction of sp³-hybridized carbons (Fsp3) is 0.455. The third-order valence-corrected chi connectivity index (χ3v) is 5.38. The van der Waals surface area contributed by atoms with Crippen molar-refractivity contribution in [3.8, 4) is 11.5 Å². The fourth-order valence-electron chi connectivity index (χ4n) is 4.12. The minimum Gasteiger partial charge on any atom is -0.493 e. The summed E-state index contributed by atoms with van der Waals surface area (Å²) in [5, 5.41) is 15.1. The van der Waals surface area contributed by atoms with Crippen molar-refractivity contribution >= 4 is 17.4 Å². The van der Waals surface area contributed by atoms with Crippen molar-refractivity contribution in [3.05, 3.63) is 50.4 Å². The first-order valence-corrected chi connectivity index (χ1v) is 10.0. The molecule has 1 aromatic rings. The van der Waals surface area contributed by atoms with Crippen LogP contribution in [0.15, 0.2) is 34.7 Å². The molecule has 0 fully saturated rings. The van der Waals surface area contributed by atoms with Crippen LogP contribution in [0.5, 0.6) is 11.5 Å². The number of esters is 1. The molecule has 166 valence electrons. The number of hydrogen-bond donors (Lipinski definition) is 1. The number of ether oxygens (including phenoxy) is 3. The Morgan fingerprint density at radius 1 is 1.19 bits per heavy atom. The smallest absolute Gasteiger partial charge is 0.337 e. The second kappa shape index (κ2) is 8.79. The Kier molecular flexibility index (Phi) is 6.33. The van der Waals surface area contributed by atoms with Crippen LogP contribution in [0, 0.1) is 10.1 Å². The van der Waals surface area contributed by atoms with Crippen LogP contribution < -0.4 is 14.8 Å². The van der Waals surface area contributed by atoms with E-state index in [1.165, 1.54) is 26.4 Å². The predicted octanol–water partition coefficient (Wildman–Crippen LogP) is 3.53. The van der Waals surface area contributed by atoms with Gasteiger partial charge in [-0.25, -0.2) is 4.79 Å². The number of methoxy groups -OCH3 is 2. The average molecular weight is 430 g/mol. The molecule has 0 aromatic heterocycles. The molecule has 9 heteroatoms. The summed E-state index contributed by atoms with van der Waals surface area (Å²) < 4.78 is 16.0. The molecular weight excluding hydrogens is 404 g/mol. The second-order valence-electron chi connectivity index (χ2n) is 7.74. The predicted molar refractivity (Wildman–Crippen MR) is 112 cm³/mol. The average Bonchev–Trinajstić information content (AvgIpc) is 2.71. The van der Waals surface area contributed by atoms with Gasteiger partial charge in [-0.15, -0.1) is 0 Å². The van der Waals surface area contributed by atoms with Gasteiger partial charge in [-0.1, -0.05) is 0 Å². The third kappa shape index (κ3) is 4.12. The minimum absolute atomic E-state index is 0.148. The first-order chi connectivity index (χ1) is 14.7. The van der Waals surface area contributed by atoms with Crippen LogP contribution >= 0.6 is 0 Å². The van der Waals surface area contributed by atoms with E-state index in [1.807, 2.05) is 0 Å². The molecule has 1 aliphatic heterocycles. The maximum Gasteiger partial charge on any atom is 0.337 e. The quantitative estimate of drug-likeness (QED) is 0.414. The number of ketones is 1. The molecule has 1 N–H and O–H groups in total. The molecular formula is C22H26N2O7. The molecule has 0 bridgehead atoms. The van der Waals surface area contributed by atoms with Crippen LogP contribution in [0.3, 0.4) is 0 Å². The van der Waals surface area contributed by atoms with Gasteiger partial charge in [0.1, 0.15) is 0 Å². The van der Waals surface area contributed by atoms with Gasteiger partial charge in [-0.05, 0) is 39.7 Å². The van der Waals surface area contributed by atoms with Crippen LogP contribution in [0.2, 0.25) is 0 Å². The van der Waals surface area contributed by atoms with Crippen molar-refractivity contribution in [2.75, 3.05) is 14.2 Å². The highest BCUT2D eigenvalue weighted by atomic mass is 16.6. The van der Waals surface area contributed by atoms with E-state index in [4.69, 9.17) is 14.2 Å². The molecule has 31 heavy (non-hydrogen) atoms. The molecule has 1 atom stereocenters. The first kappa shape index (κ1) is 22.3. The summed E-state index contributed by atoms with van der Waals surface area (Å²) in [7, 11) is 2.80. The van der Waals surface area contributed by atoms with Gasteiger partial charge in [0.2, 0.25) is 0 Å². The zero-order chi connectivity index (χ0) is 22.9. The molecule has 0 spiro atoms. The summed E-state index contributed by atoms with van der Waals surface area (Å²) in [4.78, 5) is 37.5. The van der Waals surface area contributed by atoms with Crippen LogP contribution in [0.4, 0.5) is 5.69 Å². The maximum absolute atomic E-state index is 13.1. The number of allylic oxidation sites excluding steroid dienone is 3. The molecule has 1 aromatic carbocycles. The van der Waals surface area contributed by atoms with Gasteiger partial charge >= 0.3 is 5.97 Å². The summed E-state index contributed by atoms with van der Waals surface area (Å²) >= 11 is 0. The third-order valence-electron chi connectivity index (χ3n) is 5.38. The van der Waals surface area contributed by atoms with Crippen LogP contribution in [0.25, 0.3) is 0 Å². The number of dihydropyridines is 1. The molecule has 2 aliphatic rings. The normalized spacial score (nSPS) is 18.5. The van der Waals surface area contributed by atoms with Crippen LogP contribution in [-0.4, -0.2) is 37.0 Å². The van der Waals surface area contributed by atoms with Crippen molar-refractivity contribution in [2.45, 2.75) is 52.1 Å². The maximum atomic E-state index is 13.1. The first-order valence-electron chi connectivity index (χ1n) is 10.0. The van der Waals surface area contributed by atoms with E-state index in [-0.39, 0.29) is 34.1 Å². The SMILES string of the molecule is COc1cc(C2C(C(=O)OC(C)C)=C(C)NC3=C2C(=O)CCC3)c([N+](=O)[O-])cc1OC. The lowest BCUT2D eigenvalue weighted by atomic mass is 9.74. The Hall–Kier alpha value is -3.36. The van der Waals surface area contributed by atoms with Crippen molar-refractivity contribution in [1.82, 2.24) is 5.32 Å². The summed E-state index contributed by atoms with van der Waals surface area (Å²) in [5.74, 6) is -1.27. The number of hydrogen-bond acceptors (Lipinski definition) is 8. The number of carbonyl (C=O) groups is 2. The van der Waals surface area contributed by atoms with Gasteiger partial charge in [0, 0.05) is 29.0 Å². The van der Waals surface area contributed by atoms with Crippen LogP contribution in [-0.2, 0) is 14.3 Å². The number of nitro benzene ring substituents is 1.